The van der Waals surface area contributed by atoms with Crippen LogP contribution in [0.4, 0.5) is 0 Å². The summed E-state index contributed by atoms with van der Waals surface area (Å²) in [6.45, 7) is 5.34. The highest BCUT2D eigenvalue weighted by Gasteiger charge is 2.24. The van der Waals surface area contributed by atoms with Crippen LogP contribution in [0.2, 0.25) is 0 Å². The fourth-order valence-electron chi connectivity index (χ4n) is 3.16. The lowest BCUT2D eigenvalue weighted by Crippen LogP contribution is -2.41. The fraction of sp³-hybridized carbons (Fsp3) is 0.474. The molecule has 0 unspecified atom stereocenters. The molecule has 0 saturated carbocycles. The van der Waals surface area contributed by atoms with Crippen molar-refractivity contribution in [1.29, 1.82) is 0 Å². The molecule has 0 N–H and O–H groups in total. The third-order valence-electron chi connectivity index (χ3n) is 4.61. The van der Waals surface area contributed by atoms with Crippen molar-refractivity contribution in [2.75, 3.05) is 13.1 Å². The van der Waals surface area contributed by atoms with E-state index >= 15 is 0 Å². The smallest absolute Gasteiger partial charge is 0.222 e. The molecule has 1 aliphatic rings. The number of piperidine rings is 1. The van der Waals surface area contributed by atoms with Gasteiger partial charge in [-0.2, -0.15) is 0 Å². The number of hydrogen-bond acceptors (Lipinski definition) is 4. The van der Waals surface area contributed by atoms with Crippen LogP contribution in [-0.4, -0.2) is 35.2 Å². The minimum absolute atomic E-state index is 0.194. The number of hydrogen-bond donors (Lipinski definition) is 0. The molecule has 1 aromatic heterocycles. The molecule has 0 aliphatic carbocycles. The molecule has 0 spiro atoms. The summed E-state index contributed by atoms with van der Waals surface area (Å²) in [5.41, 5.74) is 1.95. The zero-order chi connectivity index (χ0) is 16.9. The summed E-state index contributed by atoms with van der Waals surface area (Å²) >= 11 is 0. The molecule has 1 fully saturated rings. The topological polar surface area (TPSA) is 55.6 Å². The number of likely N-dealkylation sites (tertiary alicyclic amines) is 1. The second-order valence-electron chi connectivity index (χ2n) is 6.31. The van der Waals surface area contributed by atoms with Gasteiger partial charge in [-0.1, -0.05) is 23.4 Å². The zero-order valence-electron chi connectivity index (χ0n) is 14.3. The summed E-state index contributed by atoms with van der Waals surface area (Å²) in [5.74, 6) is 1.92. The third kappa shape index (κ3) is 3.96. The van der Waals surface area contributed by atoms with Gasteiger partial charge < -0.3 is 14.2 Å². The highest BCUT2D eigenvalue weighted by molar-refractivity contribution is 5.76. The standard InChI is InChI=1S/C19H24N2O3/c1-14-18(15(2)24-20-14)8-9-19(22)21-12-10-17(11-13-21)23-16-6-4-3-5-7-16/h3-7,17H,8-13H2,1-2H3. The summed E-state index contributed by atoms with van der Waals surface area (Å²) in [6, 6.07) is 9.88. The summed E-state index contributed by atoms with van der Waals surface area (Å²) in [5, 5.41) is 3.94. The Morgan fingerprint density at radius 2 is 1.96 bits per heavy atom. The lowest BCUT2D eigenvalue weighted by molar-refractivity contribution is -0.132. The number of carbonyl (C=O) groups is 1. The molecule has 2 aromatic rings. The number of para-hydroxylation sites is 1. The van der Waals surface area contributed by atoms with E-state index in [-0.39, 0.29) is 12.0 Å². The van der Waals surface area contributed by atoms with Crippen molar-refractivity contribution in [3.8, 4) is 5.75 Å². The maximum atomic E-state index is 12.4. The van der Waals surface area contributed by atoms with Gasteiger partial charge in [-0.25, -0.2) is 0 Å². The number of carbonyl (C=O) groups excluding carboxylic acids is 1. The lowest BCUT2D eigenvalue weighted by atomic mass is 10.0. The number of nitrogens with zero attached hydrogens (tertiary/aromatic N) is 2. The van der Waals surface area contributed by atoms with Gasteiger partial charge in [-0.3, -0.25) is 4.79 Å². The van der Waals surface area contributed by atoms with Crippen molar-refractivity contribution in [2.24, 2.45) is 0 Å². The Balaban J connectivity index is 1.45. The van der Waals surface area contributed by atoms with Crippen LogP contribution in [0.5, 0.6) is 5.75 Å². The summed E-state index contributed by atoms with van der Waals surface area (Å²) in [7, 11) is 0. The first kappa shape index (κ1) is 16.6. The summed E-state index contributed by atoms with van der Waals surface area (Å²) < 4.78 is 11.1. The van der Waals surface area contributed by atoms with Gasteiger partial charge >= 0.3 is 0 Å². The number of benzene rings is 1. The number of amides is 1. The number of ether oxygens (including phenoxy) is 1. The first-order valence-electron chi connectivity index (χ1n) is 8.54. The normalized spacial score (nSPS) is 15.5. The van der Waals surface area contributed by atoms with E-state index in [1.54, 1.807) is 0 Å². The van der Waals surface area contributed by atoms with E-state index in [2.05, 4.69) is 5.16 Å². The average molecular weight is 328 g/mol. The predicted molar refractivity (Wildman–Crippen MR) is 91.0 cm³/mol. The second kappa shape index (κ2) is 7.51. The van der Waals surface area contributed by atoms with E-state index in [1.807, 2.05) is 49.1 Å². The average Bonchev–Trinajstić information content (AvgIpc) is 2.92. The van der Waals surface area contributed by atoms with Crippen molar-refractivity contribution >= 4 is 5.91 Å². The van der Waals surface area contributed by atoms with E-state index in [0.717, 1.165) is 48.7 Å². The number of aromatic nitrogens is 1. The Morgan fingerprint density at radius 1 is 1.25 bits per heavy atom. The van der Waals surface area contributed by atoms with Crippen LogP contribution < -0.4 is 4.74 Å². The Labute approximate surface area is 142 Å². The van der Waals surface area contributed by atoms with Crippen LogP contribution in [0.15, 0.2) is 34.9 Å². The maximum absolute atomic E-state index is 12.4. The van der Waals surface area contributed by atoms with Crippen molar-refractivity contribution in [1.82, 2.24) is 10.1 Å². The molecule has 1 amide bonds. The molecule has 1 aliphatic heterocycles. The highest BCUT2D eigenvalue weighted by atomic mass is 16.5. The molecule has 24 heavy (non-hydrogen) atoms. The van der Waals surface area contributed by atoms with E-state index in [9.17, 15) is 4.79 Å². The first-order chi connectivity index (χ1) is 11.6. The molecule has 2 heterocycles. The van der Waals surface area contributed by atoms with Crippen LogP contribution in [0.1, 0.15) is 36.3 Å². The molecule has 5 nitrogen and oxygen atoms in total. The second-order valence-corrected chi connectivity index (χ2v) is 6.31. The molecule has 5 heteroatoms. The van der Waals surface area contributed by atoms with E-state index < -0.39 is 0 Å². The van der Waals surface area contributed by atoms with Crippen LogP contribution in [0, 0.1) is 13.8 Å². The Morgan fingerprint density at radius 3 is 2.58 bits per heavy atom. The van der Waals surface area contributed by atoms with Gasteiger partial charge in [0.15, 0.2) is 0 Å². The van der Waals surface area contributed by atoms with E-state index in [0.29, 0.717) is 12.8 Å². The Hall–Kier alpha value is -2.30. The van der Waals surface area contributed by atoms with Gasteiger partial charge in [-0.05, 0) is 32.4 Å². The minimum Gasteiger partial charge on any atom is -0.490 e. The number of aryl methyl sites for hydroxylation is 2. The monoisotopic (exact) mass is 328 g/mol. The van der Waals surface area contributed by atoms with Crippen molar-refractivity contribution in [3.05, 3.63) is 47.3 Å². The SMILES string of the molecule is Cc1noc(C)c1CCC(=O)N1CCC(Oc2ccccc2)CC1. The number of rotatable bonds is 5. The van der Waals surface area contributed by atoms with Gasteiger partial charge in [0.2, 0.25) is 5.91 Å². The molecular weight excluding hydrogens is 304 g/mol. The molecule has 1 aromatic carbocycles. The highest BCUT2D eigenvalue weighted by Crippen LogP contribution is 2.20. The van der Waals surface area contributed by atoms with Gasteiger partial charge in [0.25, 0.3) is 0 Å². The Kier molecular flexibility index (Phi) is 5.18. The minimum atomic E-state index is 0.194. The van der Waals surface area contributed by atoms with Crippen LogP contribution in [-0.2, 0) is 11.2 Å². The molecule has 3 rings (SSSR count). The zero-order valence-corrected chi connectivity index (χ0v) is 14.3. The molecule has 0 radical (unpaired) electrons. The van der Waals surface area contributed by atoms with E-state index in [4.69, 9.17) is 9.26 Å². The summed E-state index contributed by atoms with van der Waals surface area (Å²) in [6.07, 6.45) is 3.16. The predicted octanol–water partition coefficient (Wildman–Crippen LogP) is 3.29. The molecule has 0 atom stereocenters. The van der Waals surface area contributed by atoms with Crippen LogP contribution in [0.3, 0.4) is 0 Å². The van der Waals surface area contributed by atoms with Crippen molar-refractivity contribution in [3.63, 3.8) is 0 Å². The van der Waals surface area contributed by atoms with Gasteiger partial charge in [-0.15, -0.1) is 0 Å². The molecule has 128 valence electrons. The maximum Gasteiger partial charge on any atom is 0.222 e. The van der Waals surface area contributed by atoms with Crippen LogP contribution in [0.25, 0.3) is 0 Å². The van der Waals surface area contributed by atoms with Gasteiger partial charge in [0, 0.05) is 37.9 Å². The fourth-order valence-corrected chi connectivity index (χ4v) is 3.16. The van der Waals surface area contributed by atoms with Gasteiger partial charge in [0.05, 0.1) is 5.69 Å². The van der Waals surface area contributed by atoms with Gasteiger partial charge in [0.1, 0.15) is 17.6 Å². The molecule has 0 bridgehead atoms. The van der Waals surface area contributed by atoms with E-state index in [1.165, 1.54) is 0 Å². The summed E-state index contributed by atoms with van der Waals surface area (Å²) in [4.78, 5) is 14.4. The lowest BCUT2D eigenvalue weighted by Gasteiger charge is -2.32. The van der Waals surface area contributed by atoms with Crippen LogP contribution >= 0.6 is 0 Å². The van der Waals surface area contributed by atoms with Crippen molar-refractivity contribution in [2.45, 2.75) is 45.6 Å². The molecule has 1 saturated heterocycles. The third-order valence-corrected chi connectivity index (χ3v) is 4.61. The van der Waals surface area contributed by atoms with Crippen molar-refractivity contribution < 1.29 is 14.1 Å². The quantitative estimate of drug-likeness (QED) is 0.845. The first-order valence-corrected chi connectivity index (χ1v) is 8.54. The molecular formula is C19H24N2O3. The Bertz CT molecular complexity index is 654. The largest absolute Gasteiger partial charge is 0.490 e.